The van der Waals surface area contributed by atoms with Crippen molar-refractivity contribution >= 4 is 17.3 Å². The molecule has 5 heteroatoms. The number of aromatic nitrogens is 1. The van der Waals surface area contributed by atoms with Crippen molar-refractivity contribution in [1.82, 2.24) is 10.3 Å². The Morgan fingerprint density at radius 1 is 1.59 bits per heavy atom. The molecule has 0 bridgehead atoms. The number of ether oxygens (including phenoxy) is 1. The van der Waals surface area contributed by atoms with E-state index in [4.69, 9.17) is 4.74 Å². The molecule has 0 spiro atoms. The molecule has 0 saturated carbocycles. The van der Waals surface area contributed by atoms with Crippen LogP contribution >= 0.6 is 11.3 Å². The normalized spacial score (nSPS) is 14.3. The second-order valence-electron chi connectivity index (χ2n) is 3.91. The Labute approximate surface area is 106 Å². The summed E-state index contributed by atoms with van der Waals surface area (Å²) < 4.78 is 4.93. The Hall–Kier alpha value is -0.940. The van der Waals surface area contributed by atoms with Gasteiger partial charge in [-0.25, -0.2) is 4.98 Å². The number of hydrogen-bond donors (Lipinski definition) is 1. The van der Waals surface area contributed by atoms with Crippen molar-refractivity contribution in [3.63, 3.8) is 0 Å². The molecule has 1 aromatic heterocycles. The highest BCUT2D eigenvalue weighted by Crippen LogP contribution is 2.19. The van der Waals surface area contributed by atoms with Crippen LogP contribution in [0.1, 0.15) is 44.7 Å². The average Bonchev–Trinajstić information content (AvgIpc) is 2.79. The molecule has 0 saturated heterocycles. The molecule has 0 radical (unpaired) electrons. The number of rotatable bonds is 7. The van der Waals surface area contributed by atoms with Crippen molar-refractivity contribution in [3.8, 4) is 0 Å². The van der Waals surface area contributed by atoms with E-state index in [2.05, 4.69) is 17.2 Å². The maximum Gasteiger partial charge on any atom is 0.307 e. The summed E-state index contributed by atoms with van der Waals surface area (Å²) in [6.07, 6.45) is 3.16. The van der Waals surface area contributed by atoms with E-state index in [0.717, 1.165) is 11.4 Å². The van der Waals surface area contributed by atoms with Crippen LogP contribution in [-0.2, 0) is 9.53 Å². The number of carbonyl (C=O) groups excluding carboxylic acids is 1. The van der Waals surface area contributed by atoms with E-state index in [-0.39, 0.29) is 18.1 Å². The summed E-state index contributed by atoms with van der Waals surface area (Å²) in [5.41, 5.74) is 0. The Morgan fingerprint density at radius 2 is 2.35 bits per heavy atom. The van der Waals surface area contributed by atoms with Gasteiger partial charge in [-0.15, -0.1) is 11.3 Å². The molecular formula is C12H20N2O2S. The summed E-state index contributed by atoms with van der Waals surface area (Å²) in [6, 6.07) is 0.322. The van der Waals surface area contributed by atoms with E-state index in [9.17, 15) is 4.79 Å². The van der Waals surface area contributed by atoms with Gasteiger partial charge in [0.15, 0.2) is 0 Å². The Balaban J connectivity index is 2.43. The SMILES string of the molecule is CCOC(=O)CC(C)NC(CC)c1nccs1. The van der Waals surface area contributed by atoms with Gasteiger partial charge < -0.3 is 10.1 Å². The van der Waals surface area contributed by atoms with Gasteiger partial charge in [0.25, 0.3) is 0 Å². The summed E-state index contributed by atoms with van der Waals surface area (Å²) in [6.45, 7) is 6.36. The Kier molecular flexibility index (Phi) is 6.15. The summed E-state index contributed by atoms with van der Waals surface area (Å²) in [5, 5.41) is 6.45. The number of nitrogens with one attached hydrogen (secondary N) is 1. The molecule has 96 valence electrons. The zero-order valence-electron chi connectivity index (χ0n) is 10.6. The van der Waals surface area contributed by atoms with E-state index in [1.165, 1.54) is 0 Å². The summed E-state index contributed by atoms with van der Waals surface area (Å²) in [4.78, 5) is 15.6. The van der Waals surface area contributed by atoms with Crippen molar-refractivity contribution in [2.45, 2.75) is 45.7 Å². The smallest absolute Gasteiger partial charge is 0.307 e. The fourth-order valence-electron chi connectivity index (χ4n) is 1.64. The summed E-state index contributed by atoms with van der Waals surface area (Å²) in [5.74, 6) is -0.151. The molecule has 2 unspecified atom stereocenters. The van der Waals surface area contributed by atoms with E-state index in [1.54, 1.807) is 17.5 Å². The van der Waals surface area contributed by atoms with Crippen molar-refractivity contribution < 1.29 is 9.53 Å². The predicted octanol–water partition coefficient (Wildman–Crippen LogP) is 2.53. The van der Waals surface area contributed by atoms with Crippen LogP contribution in [0.3, 0.4) is 0 Å². The summed E-state index contributed by atoms with van der Waals surface area (Å²) in [7, 11) is 0. The second-order valence-corrected chi connectivity index (χ2v) is 4.83. The molecule has 0 aromatic carbocycles. The number of nitrogens with zero attached hydrogens (tertiary/aromatic N) is 1. The monoisotopic (exact) mass is 256 g/mol. The minimum atomic E-state index is -0.151. The number of esters is 1. The van der Waals surface area contributed by atoms with Gasteiger partial charge in [0.1, 0.15) is 5.01 Å². The average molecular weight is 256 g/mol. The maximum atomic E-state index is 11.3. The van der Waals surface area contributed by atoms with Crippen LogP contribution in [0, 0.1) is 0 Å². The minimum absolute atomic E-state index is 0.0999. The molecule has 1 heterocycles. The van der Waals surface area contributed by atoms with Crippen LogP contribution in [0.5, 0.6) is 0 Å². The fourth-order valence-corrected chi connectivity index (χ4v) is 2.42. The van der Waals surface area contributed by atoms with Crippen molar-refractivity contribution in [2.24, 2.45) is 0 Å². The van der Waals surface area contributed by atoms with Gasteiger partial charge in [-0.2, -0.15) is 0 Å². The quantitative estimate of drug-likeness (QED) is 0.762. The minimum Gasteiger partial charge on any atom is -0.466 e. The zero-order valence-corrected chi connectivity index (χ0v) is 11.4. The first-order valence-corrected chi connectivity index (χ1v) is 6.86. The Bertz CT molecular complexity index is 327. The van der Waals surface area contributed by atoms with Crippen LogP contribution in [0.4, 0.5) is 0 Å². The topological polar surface area (TPSA) is 51.2 Å². The molecule has 1 N–H and O–H groups in total. The molecule has 0 aliphatic rings. The lowest BCUT2D eigenvalue weighted by Gasteiger charge is -2.19. The molecule has 4 nitrogen and oxygen atoms in total. The highest BCUT2D eigenvalue weighted by atomic mass is 32.1. The van der Waals surface area contributed by atoms with Crippen LogP contribution in [0.2, 0.25) is 0 Å². The number of thiazole rings is 1. The third-order valence-corrected chi connectivity index (χ3v) is 3.31. The van der Waals surface area contributed by atoms with Gasteiger partial charge in [-0.3, -0.25) is 4.79 Å². The lowest BCUT2D eigenvalue weighted by atomic mass is 10.1. The van der Waals surface area contributed by atoms with E-state index >= 15 is 0 Å². The standard InChI is InChI=1S/C12H20N2O2S/c1-4-10(12-13-6-7-17-12)14-9(3)8-11(15)16-5-2/h6-7,9-10,14H,4-5,8H2,1-3H3. The van der Waals surface area contributed by atoms with Crippen molar-refractivity contribution in [2.75, 3.05) is 6.61 Å². The molecule has 0 aliphatic carbocycles. The van der Waals surface area contributed by atoms with Crippen molar-refractivity contribution in [3.05, 3.63) is 16.6 Å². The second kappa shape index (κ2) is 7.40. The first kappa shape index (κ1) is 14.1. The Morgan fingerprint density at radius 3 is 2.88 bits per heavy atom. The van der Waals surface area contributed by atoms with Gasteiger partial charge >= 0.3 is 5.97 Å². The largest absolute Gasteiger partial charge is 0.466 e. The molecule has 0 amide bonds. The van der Waals surface area contributed by atoms with E-state index in [1.807, 2.05) is 19.2 Å². The number of hydrogen-bond acceptors (Lipinski definition) is 5. The molecule has 0 fully saturated rings. The first-order chi connectivity index (χ1) is 8.17. The highest BCUT2D eigenvalue weighted by Gasteiger charge is 2.17. The number of carbonyl (C=O) groups is 1. The van der Waals surface area contributed by atoms with Crippen LogP contribution in [-0.4, -0.2) is 23.6 Å². The van der Waals surface area contributed by atoms with Gasteiger partial charge in [0, 0.05) is 17.6 Å². The first-order valence-electron chi connectivity index (χ1n) is 5.98. The van der Waals surface area contributed by atoms with Gasteiger partial charge in [-0.1, -0.05) is 6.92 Å². The maximum absolute atomic E-state index is 11.3. The fraction of sp³-hybridized carbons (Fsp3) is 0.667. The molecule has 2 atom stereocenters. The lowest BCUT2D eigenvalue weighted by molar-refractivity contribution is -0.143. The molecule has 1 aromatic rings. The van der Waals surface area contributed by atoms with E-state index in [0.29, 0.717) is 13.0 Å². The molecule has 0 aliphatic heterocycles. The van der Waals surface area contributed by atoms with Crippen molar-refractivity contribution in [1.29, 1.82) is 0 Å². The van der Waals surface area contributed by atoms with Crippen LogP contribution in [0.25, 0.3) is 0 Å². The third-order valence-electron chi connectivity index (χ3n) is 2.42. The van der Waals surface area contributed by atoms with Crippen LogP contribution in [0.15, 0.2) is 11.6 Å². The zero-order chi connectivity index (χ0) is 12.7. The van der Waals surface area contributed by atoms with E-state index < -0.39 is 0 Å². The summed E-state index contributed by atoms with van der Waals surface area (Å²) >= 11 is 1.64. The highest BCUT2D eigenvalue weighted by molar-refractivity contribution is 7.09. The molecule has 1 rings (SSSR count). The van der Waals surface area contributed by atoms with Gasteiger partial charge in [0.05, 0.1) is 19.1 Å². The third kappa shape index (κ3) is 4.83. The van der Waals surface area contributed by atoms with Gasteiger partial charge in [-0.05, 0) is 20.3 Å². The molecular weight excluding hydrogens is 236 g/mol. The molecule has 17 heavy (non-hydrogen) atoms. The van der Waals surface area contributed by atoms with Crippen LogP contribution < -0.4 is 5.32 Å². The predicted molar refractivity (Wildman–Crippen MR) is 69.0 cm³/mol. The van der Waals surface area contributed by atoms with Gasteiger partial charge in [0.2, 0.25) is 0 Å². The lowest BCUT2D eigenvalue weighted by Crippen LogP contribution is -2.32.